The Balaban J connectivity index is 1.82. The summed E-state index contributed by atoms with van der Waals surface area (Å²) in [5.41, 5.74) is 1.53. The number of nitrogens with zero attached hydrogens (tertiary/aromatic N) is 1. The SMILES string of the molecule is COc1ccc(Cl)c(/C(O)=C2\C(=O)C(=O)N(c3ccccc3O)C2c2c[nH]c3ccccc23)c1. The van der Waals surface area contributed by atoms with Gasteiger partial charge in [0, 0.05) is 28.2 Å². The van der Waals surface area contributed by atoms with Gasteiger partial charge in [-0.25, -0.2) is 0 Å². The zero-order chi connectivity index (χ0) is 24.0. The van der Waals surface area contributed by atoms with Gasteiger partial charge in [0.05, 0.1) is 29.4 Å². The topological polar surface area (TPSA) is 103 Å². The Morgan fingerprint density at radius 2 is 1.79 bits per heavy atom. The number of benzene rings is 3. The fourth-order valence-corrected chi connectivity index (χ4v) is 4.53. The first-order valence-electron chi connectivity index (χ1n) is 10.4. The number of fused-ring (bicyclic) bond motifs is 1. The number of H-pyrrole nitrogens is 1. The van der Waals surface area contributed by atoms with Crippen molar-refractivity contribution in [3.63, 3.8) is 0 Å². The first-order chi connectivity index (χ1) is 16.4. The highest BCUT2D eigenvalue weighted by Gasteiger charge is 2.48. The van der Waals surface area contributed by atoms with Crippen LogP contribution in [0.2, 0.25) is 5.02 Å². The molecule has 1 unspecified atom stereocenters. The molecule has 1 fully saturated rings. The average molecular weight is 475 g/mol. The number of carbonyl (C=O) groups excluding carboxylic acids is 2. The van der Waals surface area contributed by atoms with Gasteiger partial charge in [0.25, 0.3) is 11.7 Å². The molecular weight excluding hydrogens is 456 g/mol. The maximum Gasteiger partial charge on any atom is 0.300 e. The van der Waals surface area contributed by atoms with Crippen LogP contribution in [0.3, 0.4) is 0 Å². The third-order valence-corrected chi connectivity index (χ3v) is 6.26. The number of aliphatic hydroxyl groups is 1. The Morgan fingerprint density at radius 3 is 2.56 bits per heavy atom. The number of para-hydroxylation sites is 3. The predicted octanol–water partition coefficient (Wildman–Crippen LogP) is 5.16. The number of Topliss-reactive ketones (excluding diaryl/α,β-unsaturated/α-hetero) is 1. The smallest absolute Gasteiger partial charge is 0.300 e. The summed E-state index contributed by atoms with van der Waals surface area (Å²) in [6, 6.07) is 17.3. The van der Waals surface area contributed by atoms with Crippen molar-refractivity contribution in [1.29, 1.82) is 0 Å². The molecule has 0 aliphatic carbocycles. The fourth-order valence-electron chi connectivity index (χ4n) is 4.32. The van der Waals surface area contributed by atoms with Crippen molar-refractivity contribution in [2.45, 2.75) is 6.04 Å². The monoisotopic (exact) mass is 474 g/mol. The molecule has 0 radical (unpaired) electrons. The minimum absolute atomic E-state index is 0.145. The zero-order valence-electron chi connectivity index (χ0n) is 17.9. The minimum atomic E-state index is -1.02. The molecule has 1 aliphatic rings. The lowest BCUT2D eigenvalue weighted by atomic mass is 9.94. The van der Waals surface area contributed by atoms with E-state index in [2.05, 4.69) is 4.98 Å². The Kier molecular flexibility index (Phi) is 5.26. The second-order valence-corrected chi connectivity index (χ2v) is 8.20. The van der Waals surface area contributed by atoms with Gasteiger partial charge in [0.1, 0.15) is 17.3 Å². The van der Waals surface area contributed by atoms with Crippen LogP contribution in [0.25, 0.3) is 16.7 Å². The highest BCUT2D eigenvalue weighted by Crippen LogP contribution is 2.47. The summed E-state index contributed by atoms with van der Waals surface area (Å²) in [6.07, 6.45) is 1.69. The Hall–Kier alpha value is -4.23. The summed E-state index contributed by atoms with van der Waals surface area (Å²) in [6.45, 7) is 0. The van der Waals surface area contributed by atoms with Crippen molar-refractivity contribution >= 4 is 45.6 Å². The van der Waals surface area contributed by atoms with Gasteiger partial charge in [0.2, 0.25) is 0 Å². The number of aromatic nitrogens is 1. The third kappa shape index (κ3) is 3.29. The van der Waals surface area contributed by atoms with Crippen LogP contribution in [-0.2, 0) is 9.59 Å². The molecule has 2 heterocycles. The van der Waals surface area contributed by atoms with Crippen LogP contribution in [0.4, 0.5) is 5.69 Å². The van der Waals surface area contributed by atoms with Crippen molar-refractivity contribution in [3.05, 3.63) is 94.6 Å². The number of carbonyl (C=O) groups is 2. The van der Waals surface area contributed by atoms with E-state index in [1.807, 2.05) is 24.3 Å². The van der Waals surface area contributed by atoms with E-state index >= 15 is 0 Å². The van der Waals surface area contributed by atoms with Crippen LogP contribution in [-0.4, -0.2) is 34.0 Å². The normalized spacial score (nSPS) is 17.5. The molecule has 0 spiro atoms. The summed E-state index contributed by atoms with van der Waals surface area (Å²) < 4.78 is 5.24. The predicted molar refractivity (Wildman–Crippen MR) is 129 cm³/mol. The molecule has 3 aromatic carbocycles. The lowest BCUT2D eigenvalue weighted by Gasteiger charge is -2.25. The number of phenols is 1. The molecule has 7 nitrogen and oxygen atoms in total. The Morgan fingerprint density at radius 1 is 1.06 bits per heavy atom. The number of aliphatic hydroxyl groups excluding tert-OH is 1. The summed E-state index contributed by atoms with van der Waals surface area (Å²) in [5.74, 6) is -1.96. The molecule has 4 aromatic rings. The first kappa shape index (κ1) is 21.6. The number of rotatable bonds is 4. The van der Waals surface area contributed by atoms with Gasteiger partial charge in [-0.2, -0.15) is 0 Å². The maximum absolute atomic E-state index is 13.3. The van der Waals surface area contributed by atoms with Crippen LogP contribution in [0, 0.1) is 0 Å². The quantitative estimate of drug-likeness (QED) is 0.215. The lowest BCUT2D eigenvalue weighted by Crippen LogP contribution is -2.29. The molecule has 34 heavy (non-hydrogen) atoms. The number of hydrogen-bond acceptors (Lipinski definition) is 5. The molecule has 5 rings (SSSR count). The number of anilines is 1. The van der Waals surface area contributed by atoms with Crippen LogP contribution in [0.1, 0.15) is 17.2 Å². The number of aromatic amines is 1. The molecule has 0 saturated carbocycles. The van der Waals surface area contributed by atoms with Gasteiger partial charge in [-0.15, -0.1) is 0 Å². The van der Waals surface area contributed by atoms with Crippen LogP contribution < -0.4 is 9.64 Å². The van der Waals surface area contributed by atoms with Gasteiger partial charge >= 0.3 is 0 Å². The number of nitrogens with one attached hydrogen (secondary N) is 1. The van der Waals surface area contributed by atoms with Crippen molar-refractivity contribution in [3.8, 4) is 11.5 Å². The van der Waals surface area contributed by atoms with Gasteiger partial charge in [-0.1, -0.05) is 41.9 Å². The lowest BCUT2D eigenvalue weighted by molar-refractivity contribution is -0.132. The standard InChI is InChI=1S/C26H19ClN2O5/c1-34-14-10-11-18(27)16(12-14)24(31)22-23(17-13-28-19-7-3-2-6-15(17)19)29(26(33)25(22)32)20-8-4-5-9-21(20)30/h2-13,23,28,30-31H,1H3/b24-22+. The highest BCUT2D eigenvalue weighted by molar-refractivity contribution is 6.52. The molecule has 1 saturated heterocycles. The van der Waals surface area contributed by atoms with Crippen molar-refractivity contribution < 1.29 is 24.5 Å². The van der Waals surface area contributed by atoms with Crippen LogP contribution >= 0.6 is 11.6 Å². The van der Waals surface area contributed by atoms with Crippen LogP contribution in [0.15, 0.2) is 78.5 Å². The van der Waals surface area contributed by atoms with Crippen molar-refractivity contribution in [1.82, 2.24) is 4.98 Å². The Labute approximate surface area is 199 Å². The average Bonchev–Trinajstić information content (AvgIpc) is 3.38. The van der Waals surface area contributed by atoms with E-state index < -0.39 is 23.5 Å². The van der Waals surface area contributed by atoms with E-state index in [-0.39, 0.29) is 27.6 Å². The van der Waals surface area contributed by atoms with E-state index in [1.165, 1.54) is 30.2 Å². The zero-order valence-corrected chi connectivity index (χ0v) is 18.7. The van der Waals surface area contributed by atoms with Crippen molar-refractivity contribution in [2.24, 2.45) is 0 Å². The number of methoxy groups -OCH3 is 1. The summed E-state index contributed by atoms with van der Waals surface area (Å²) in [7, 11) is 1.47. The van der Waals surface area contributed by atoms with Gasteiger partial charge in [0.15, 0.2) is 0 Å². The molecular formula is C26H19ClN2O5. The molecule has 1 aromatic heterocycles. The molecule has 1 atom stereocenters. The Bertz CT molecular complexity index is 1490. The second kappa shape index (κ2) is 8.28. The molecule has 1 aliphatic heterocycles. The van der Waals surface area contributed by atoms with E-state index in [0.717, 1.165) is 10.9 Å². The highest BCUT2D eigenvalue weighted by atomic mass is 35.5. The first-order valence-corrected chi connectivity index (χ1v) is 10.8. The van der Waals surface area contributed by atoms with E-state index in [1.54, 1.807) is 30.5 Å². The van der Waals surface area contributed by atoms with E-state index in [9.17, 15) is 19.8 Å². The second-order valence-electron chi connectivity index (χ2n) is 7.79. The number of amides is 1. The number of halogens is 1. The number of ether oxygens (including phenoxy) is 1. The van der Waals surface area contributed by atoms with Gasteiger partial charge in [-0.3, -0.25) is 14.5 Å². The number of aromatic hydroxyl groups is 1. The number of hydrogen-bond donors (Lipinski definition) is 3. The van der Waals surface area contributed by atoms with Gasteiger partial charge in [-0.05, 0) is 36.4 Å². The summed E-state index contributed by atoms with van der Waals surface area (Å²) >= 11 is 6.35. The third-order valence-electron chi connectivity index (χ3n) is 5.93. The largest absolute Gasteiger partial charge is 0.507 e. The molecule has 0 bridgehead atoms. The van der Waals surface area contributed by atoms with E-state index in [0.29, 0.717) is 11.3 Å². The molecule has 170 valence electrons. The molecule has 1 amide bonds. The molecule has 3 N–H and O–H groups in total. The maximum atomic E-state index is 13.3. The number of phenolic OH excluding ortho intramolecular Hbond substituents is 1. The van der Waals surface area contributed by atoms with Crippen molar-refractivity contribution in [2.75, 3.05) is 12.0 Å². The van der Waals surface area contributed by atoms with E-state index in [4.69, 9.17) is 16.3 Å². The molecule has 8 heteroatoms. The fraction of sp³-hybridized carbons (Fsp3) is 0.0769. The van der Waals surface area contributed by atoms with Crippen LogP contribution in [0.5, 0.6) is 11.5 Å². The summed E-state index contributed by atoms with van der Waals surface area (Å²) in [5, 5.41) is 22.8. The van der Waals surface area contributed by atoms with Gasteiger partial charge < -0.3 is 19.9 Å². The minimum Gasteiger partial charge on any atom is -0.507 e. The summed E-state index contributed by atoms with van der Waals surface area (Å²) in [4.78, 5) is 31.0. The number of ketones is 1.